The molecule has 5 heteroatoms. The van der Waals surface area contributed by atoms with Crippen molar-refractivity contribution in [1.29, 1.82) is 0 Å². The maximum atomic E-state index is 10.9. The molecule has 0 heterocycles. The van der Waals surface area contributed by atoms with E-state index in [9.17, 15) is 9.59 Å². The van der Waals surface area contributed by atoms with E-state index >= 15 is 0 Å². The molecule has 61 valence electrons. The molecule has 0 rings (SSSR count). The zero-order valence-electron chi connectivity index (χ0n) is 6.92. The molecule has 0 aliphatic carbocycles. The summed E-state index contributed by atoms with van der Waals surface area (Å²) in [4.78, 5) is 22.5. The van der Waals surface area contributed by atoms with Gasteiger partial charge in [-0.15, -0.1) is 0 Å². The van der Waals surface area contributed by atoms with E-state index < -0.39 is 11.8 Å². The van der Waals surface area contributed by atoms with Crippen LogP contribution in [0.5, 0.6) is 0 Å². The molecule has 0 aliphatic rings. The van der Waals surface area contributed by atoms with Crippen LogP contribution in [0.3, 0.4) is 0 Å². The molecule has 0 aromatic carbocycles. The normalized spacial score (nSPS) is 11.2. The topological polar surface area (TPSA) is 61.2 Å². The molecule has 2 amide bonds. The summed E-state index contributed by atoms with van der Waals surface area (Å²) >= 11 is 0. The van der Waals surface area contributed by atoms with E-state index in [0.29, 0.717) is 0 Å². The van der Waals surface area contributed by atoms with Crippen molar-refractivity contribution in [2.24, 2.45) is 5.92 Å². The van der Waals surface area contributed by atoms with Crippen molar-refractivity contribution in [2.75, 3.05) is 14.1 Å². The van der Waals surface area contributed by atoms with E-state index in [0.717, 1.165) is 0 Å². The summed E-state index contributed by atoms with van der Waals surface area (Å²) in [7, 11) is 3.11. The van der Waals surface area contributed by atoms with Crippen LogP contribution in [0, 0.1) is 5.92 Å². The van der Waals surface area contributed by atoms with Crippen molar-refractivity contribution >= 4 is 11.8 Å². The molecule has 1 radical (unpaired) electrons. The smallest absolute Gasteiger partial charge is 0.230 e. The molecule has 11 heavy (non-hydrogen) atoms. The molecule has 4 nitrogen and oxygen atoms in total. The molecule has 0 aromatic rings. The summed E-state index contributed by atoms with van der Waals surface area (Å²) < 4.78 is 0. The molecular formula is C6H11N2O2Y-. The average Bonchev–Trinajstić information content (AvgIpc) is 1.84. The van der Waals surface area contributed by atoms with Crippen molar-refractivity contribution < 1.29 is 42.3 Å². The van der Waals surface area contributed by atoms with Gasteiger partial charge in [0.2, 0.25) is 5.91 Å². The van der Waals surface area contributed by atoms with Crippen LogP contribution < -0.4 is 0 Å². The van der Waals surface area contributed by atoms with Crippen molar-refractivity contribution in [3.05, 3.63) is 5.73 Å². The van der Waals surface area contributed by atoms with Crippen molar-refractivity contribution in [3.63, 3.8) is 0 Å². The van der Waals surface area contributed by atoms with Gasteiger partial charge < -0.3 is 15.4 Å². The Labute approximate surface area is 91.4 Å². The van der Waals surface area contributed by atoms with Gasteiger partial charge in [0, 0.05) is 46.8 Å². The number of carbonyl (C=O) groups excluding carboxylic acids is 2. The molecule has 0 aliphatic heterocycles. The quantitative estimate of drug-likeness (QED) is 0.642. The Kier molecular flexibility index (Phi) is 7.01. The first-order chi connectivity index (χ1) is 4.46. The van der Waals surface area contributed by atoms with Crippen molar-refractivity contribution in [2.45, 2.75) is 6.92 Å². The maximum absolute atomic E-state index is 10.9. The summed E-state index contributed by atoms with van der Waals surface area (Å²) in [6, 6.07) is 0. The van der Waals surface area contributed by atoms with E-state index in [1.165, 1.54) is 11.8 Å². The molecule has 0 saturated heterocycles. The Balaban J connectivity index is 0. The summed E-state index contributed by atoms with van der Waals surface area (Å²) in [5, 5.41) is 0. The molecule has 1 unspecified atom stereocenters. The van der Waals surface area contributed by atoms with Gasteiger partial charge in [-0.25, -0.2) is 0 Å². The Morgan fingerprint density at radius 2 is 1.73 bits per heavy atom. The number of hydrogen-bond donors (Lipinski definition) is 0. The van der Waals surface area contributed by atoms with Gasteiger partial charge >= 0.3 is 0 Å². The van der Waals surface area contributed by atoms with Gasteiger partial charge in [-0.1, -0.05) is 0 Å². The third kappa shape index (κ3) is 4.48. The summed E-state index contributed by atoms with van der Waals surface area (Å²) in [6.45, 7) is 1.43. The fourth-order valence-electron chi connectivity index (χ4n) is 0.499. The Morgan fingerprint density at radius 1 is 1.36 bits per heavy atom. The van der Waals surface area contributed by atoms with Crippen LogP contribution in [-0.4, -0.2) is 30.8 Å². The molecule has 0 fully saturated rings. The van der Waals surface area contributed by atoms with Crippen LogP contribution in [0.1, 0.15) is 6.92 Å². The monoisotopic (exact) mass is 232 g/mol. The third-order valence-electron chi connectivity index (χ3n) is 1.20. The van der Waals surface area contributed by atoms with Gasteiger partial charge in [-0.2, -0.15) is 0 Å². The maximum Gasteiger partial charge on any atom is 0.230 e. The van der Waals surface area contributed by atoms with Crippen molar-refractivity contribution in [1.82, 2.24) is 4.90 Å². The Morgan fingerprint density at radius 3 is 1.82 bits per heavy atom. The molecule has 0 spiro atoms. The third-order valence-corrected chi connectivity index (χ3v) is 1.20. The van der Waals surface area contributed by atoms with Crippen LogP contribution in [0.15, 0.2) is 0 Å². The minimum atomic E-state index is -0.835. The van der Waals surface area contributed by atoms with Crippen LogP contribution in [0.2, 0.25) is 0 Å². The Hall–Kier alpha value is 0.0439. The van der Waals surface area contributed by atoms with Crippen molar-refractivity contribution in [3.8, 4) is 0 Å². The second-order valence-electron chi connectivity index (χ2n) is 2.32. The minimum absolute atomic E-state index is 0. The first-order valence-corrected chi connectivity index (χ1v) is 2.93. The molecular weight excluding hydrogens is 221 g/mol. The first kappa shape index (κ1) is 13.6. The summed E-state index contributed by atoms with van der Waals surface area (Å²) in [5.41, 5.74) is 6.62. The number of nitrogens with zero attached hydrogens (tertiary/aromatic N) is 1. The van der Waals surface area contributed by atoms with Gasteiger partial charge in [-0.3, -0.25) is 4.79 Å². The van der Waals surface area contributed by atoms with E-state index in [2.05, 4.69) is 0 Å². The SMILES string of the molecule is CC(C([NH-])=O)C(=O)N(C)C.[Y]. The Bertz CT molecular complexity index is 159. The van der Waals surface area contributed by atoms with Gasteiger partial charge in [0.15, 0.2) is 0 Å². The van der Waals surface area contributed by atoms with Crippen LogP contribution in [0.25, 0.3) is 5.73 Å². The molecule has 1 atom stereocenters. The second kappa shape index (κ2) is 5.66. The standard InChI is InChI=1S/C6H12N2O2.Y/c1-4(5(7)9)6(10)8(2)3;/h4H,1-3H3,(H2,7,9);/p-1. The summed E-state index contributed by atoms with van der Waals surface area (Å²) in [5.74, 6) is -1.98. The fraction of sp³-hybridized carbons (Fsp3) is 0.667. The molecule has 0 aromatic heterocycles. The molecule has 0 bridgehead atoms. The first-order valence-electron chi connectivity index (χ1n) is 2.93. The van der Waals surface area contributed by atoms with Crippen LogP contribution in [0.4, 0.5) is 0 Å². The van der Waals surface area contributed by atoms with Crippen LogP contribution >= 0.6 is 0 Å². The van der Waals surface area contributed by atoms with Gasteiger partial charge in [0.1, 0.15) is 0 Å². The zero-order valence-corrected chi connectivity index (χ0v) is 9.76. The minimum Gasteiger partial charge on any atom is -0.667 e. The van der Waals surface area contributed by atoms with Gasteiger partial charge in [-0.05, 0) is 6.92 Å². The number of nitrogens with one attached hydrogen (secondary N) is 1. The number of rotatable bonds is 2. The van der Waals surface area contributed by atoms with Crippen LogP contribution in [-0.2, 0) is 42.3 Å². The second-order valence-corrected chi connectivity index (χ2v) is 2.32. The number of carbonyl (C=O) groups is 2. The largest absolute Gasteiger partial charge is 0.667 e. The molecule has 0 saturated carbocycles. The predicted molar refractivity (Wildman–Crippen MR) is 37.2 cm³/mol. The van der Waals surface area contributed by atoms with E-state index in [4.69, 9.17) is 5.73 Å². The van der Waals surface area contributed by atoms with E-state index in [-0.39, 0.29) is 38.6 Å². The average molecular weight is 232 g/mol. The van der Waals surface area contributed by atoms with Gasteiger partial charge in [0.25, 0.3) is 0 Å². The van der Waals surface area contributed by atoms with E-state index in [1.54, 1.807) is 14.1 Å². The fourth-order valence-corrected chi connectivity index (χ4v) is 0.499. The number of hydrogen-bond acceptors (Lipinski definition) is 2. The van der Waals surface area contributed by atoms with E-state index in [1.807, 2.05) is 0 Å². The molecule has 1 N–H and O–H groups in total. The number of amides is 2. The summed E-state index contributed by atoms with van der Waals surface area (Å²) in [6.07, 6.45) is 0. The zero-order chi connectivity index (χ0) is 8.31. The van der Waals surface area contributed by atoms with Gasteiger partial charge in [0.05, 0.1) is 11.8 Å². The predicted octanol–water partition coefficient (Wildman–Crippen LogP) is 0.287.